The zero-order chi connectivity index (χ0) is 19.2. The van der Waals surface area contributed by atoms with E-state index in [4.69, 9.17) is 9.47 Å². The number of nitrogens with one attached hydrogen (secondary N) is 1. The van der Waals surface area contributed by atoms with E-state index in [1.54, 1.807) is 11.3 Å². The zero-order valence-corrected chi connectivity index (χ0v) is 16.1. The van der Waals surface area contributed by atoms with E-state index in [2.05, 4.69) is 10.3 Å². The highest BCUT2D eigenvalue weighted by molar-refractivity contribution is 5.95. The molecule has 1 unspecified atom stereocenters. The Labute approximate surface area is 159 Å². The number of aryl methyl sites for hydroxylation is 1. The van der Waals surface area contributed by atoms with E-state index in [0.717, 1.165) is 0 Å². The van der Waals surface area contributed by atoms with Crippen molar-refractivity contribution < 1.29 is 19.4 Å². The molecular formula is C20H29N3O4. The number of nitrogens with zero attached hydrogens (tertiary/aromatic N) is 2. The number of amides is 1. The third kappa shape index (κ3) is 4.78. The van der Waals surface area contributed by atoms with Gasteiger partial charge in [-0.2, -0.15) is 0 Å². The molecule has 0 aromatic carbocycles. The summed E-state index contributed by atoms with van der Waals surface area (Å²) in [6.07, 6.45) is 7.38. The lowest BCUT2D eigenvalue weighted by atomic mass is 9.90. The molecule has 3 rings (SSSR count). The van der Waals surface area contributed by atoms with Crippen LogP contribution in [0.5, 0.6) is 5.75 Å². The van der Waals surface area contributed by atoms with Gasteiger partial charge in [0.25, 0.3) is 5.91 Å². The van der Waals surface area contributed by atoms with Crippen LogP contribution in [0.15, 0.2) is 18.3 Å². The number of rotatable bonds is 8. The molecular weight excluding hydrogens is 346 g/mol. The maximum Gasteiger partial charge on any atom is 0.270 e. The Bertz CT molecular complexity index is 768. The van der Waals surface area contributed by atoms with Crippen molar-refractivity contribution in [2.45, 2.75) is 45.1 Å². The fraction of sp³-hybridized carbons (Fsp3) is 0.600. The molecule has 2 N–H and O–H groups in total. The SMILES string of the molecule is COCC(O)CNC(=O)c1c(C)nc2c(OCC3CCCCC3)cccn12. The maximum atomic E-state index is 12.6. The first-order chi connectivity index (χ1) is 13.1. The van der Waals surface area contributed by atoms with E-state index < -0.39 is 6.10 Å². The lowest BCUT2D eigenvalue weighted by Gasteiger charge is -2.21. The maximum absolute atomic E-state index is 12.6. The summed E-state index contributed by atoms with van der Waals surface area (Å²) < 4.78 is 12.7. The number of aliphatic hydroxyl groups is 1. The van der Waals surface area contributed by atoms with Crippen LogP contribution in [0, 0.1) is 12.8 Å². The average molecular weight is 375 g/mol. The highest BCUT2D eigenvalue weighted by Gasteiger charge is 2.20. The zero-order valence-electron chi connectivity index (χ0n) is 16.1. The third-order valence-electron chi connectivity index (χ3n) is 5.06. The molecule has 0 aliphatic heterocycles. The van der Waals surface area contributed by atoms with Crippen LogP contribution in [-0.4, -0.2) is 53.4 Å². The first kappa shape index (κ1) is 19.6. The molecule has 1 atom stereocenters. The number of hydrogen-bond donors (Lipinski definition) is 2. The standard InChI is InChI=1S/C20H29N3O4/c1-14-18(20(25)21-11-16(24)13-26-2)23-10-6-9-17(19(23)22-14)27-12-15-7-4-3-5-8-15/h6,9-10,15-16,24H,3-5,7-8,11-13H2,1-2H3,(H,21,25). The van der Waals surface area contributed by atoms with Crippen LogP contribution in [0.3, 0.4) is 0 Å². The van der Waals surface area contributed by atoms with Gasteiger partial charge >= 0.3 is 0 Å². The van der Waals surface area contributed by atoms with Crippen molar-refractivity contribution in [2.75, 3.05) is 26.9 Å². The molecule has 7 nitrogen and oxygen atoms in total. The summed E-state index contributed by atoms with van der Waals surface area (Å²) in [6.45, 7) is 2.79. The van der Waals surface area contributed by atoms with Crippen LogP contribution >= 0.6 is 0 Å². The minimum absolute atomic E-state index is 0.122. The largest absolute Gasteiger partial charge is 0.489 e. The number of imidazole rings is 1. The number of pyridine rings is 1. The Morgan fingerprint density at radius 1 is 1.41 bits per heavy atom. The van der Waals surface area contributed by atoms with Crippen molar-refractivity contribution in [3.8, 4) is 5.75 Å². The summed E-state index contributed by atoms with van der Waals surface area (Å²) in [5.74, 6) is 1.02. The molecule has 0 bridgehead atoms. The number of carbonyl (C=O) groups is 1. The second-order valence-corrected chi connectivity index (χ2v) is 7.25. The van der Waals surface area contributed by atoms with Crippen LogP contribution in [0.1, 0.15) is 48.3 Å². The van der Waals surface area contributed by atoms with Gasteiger partial charge in [0.1, 0.15) is 5.69 Å². The molecule has 2 aromatic heterocycles. The van der Waals surface area contributed by atoms with Crippen LogP contribution in [0.25, 0.3) is 5.65 Å². The van der Waals surface area contributed by atoms with Gasteiger partial charge in [-0.3, -0.25) is 9.20 Å². The van der Waals surface area contributed by atoms with Crippen molar-refractivity contribution in [3.63, 3.8) is 0 Å². The molecule has 2 aromatic rings. The van der Waals surface area contributed by atoms with Crippen molar-refractivity contribution in [3.05, 3.63) is 29.7 Å². The Kier molecular flexibility index (Phi) is 6.68. The normalized spacial score (nSPS) is 16.4. The molecule has 0 radical (unpaired) electrons. The van der Waals surface area contributed by atoms with Gasteiger partial charge in [-0.25, -0.2) is 4.98 Å². The number of methoxy groups -OCH3 is 1. The Morgan fingerprint density at radius 2 is 2.19 bits per heavy atom. The molecule has 0 saturated heterocycles. The molecule has 0 spiro atoms. The molecule has 1 amide bonds. The molecule has 2 heterocycles. The number of carbonyl (C=O) groups excluding carboxylic acids is 1. The van der Waals surface area contributed by atoms with Gasteiger partial charge in [-0.05, 0) is 37.8 Å². The predicted octanol–water partition coefficient (Wildman–Crippen LogP) is 2.34. The first-order valence-electron chi connectivity index (χ1n) is 9.65. The van der Waals surface area contributed by atoms with Crippen molar-refractivity contribution in [1.82, 2.24) is 14.7 Å². The second kappa shape index (κ2) is 9.19. The molecule has 27 heavy (non-hydrogen) atoms. The molecule has 1 aliphatic carbocycles. The monoisotopic (exact) mass is 375 g/mol. The van der Waals surface area contributed by atoms with Crippen molar-refractivity contribution >= 4 is 11.6 Å². The number of aliphatic hydroxyl groups excluding tert-OH is 1. The first-order valence-corrected chi connectivity index (χ1v) is 9.65. The van der Waals surface area contributed by atoms with Crippen LogP contribution in [-0.2, 0) is 4.74 Å². The van der Waals surface area contributed by atoms with Gasteiger partial charge in [-0.15, -0.1) is 0 Å². The summed E-state index contributed by atoms with van der Waals surface area (Å²) in [7, 11) is 1.51. The summed E-state index contributed by atoms with van der Waals surface area (Å²) in [5, 5.41) is 12.5. The van der Waals surface area contributed by atoms with Gasteiger partial charge in [0.2, 0.25) is 0 Å². The number of aromatic nitrogens is 2. The third-order valence-corrected chi connectivity index (χ3v) is 5.06. The van der Waals surface area contributed by atoms with E-state index in [0.29, 0.717) is 35.3 Å². The van der Waals surface area contributed by atoms with E-state index in [9.17, 15) is 9.90 Å². The lowest BCUT2D eigenvalue weighted by Crippen LogP contribution is -2.35. The average Bonchev–Trinajstić information content (AvgIpc) is 3.02. The molecule has 7 heteroatoms. The highest BCUT2D eigenvalue weighted by atomic mass is 16.5. The van der Waals surface area contributed by atoms with E-state index >= 15 is 0 Å². The lowest BCUT2D eigenvalue weighted by molar-refractivity contribution is 0.0608. The fourth-order valence-electron chi connectivity index (χ4n) is 3.65. The van der Waals surface area contributed by atoms with Crippen molar-refractivity contribution in [2.24, 2.45) is 5.92 Å². The minimum Gasteiger partial charge on any atom is -0.489 e. The summed E-state index contributed by atoms with van der Waals surface area (Å²) in [4.78, 5) is 17.2. The van der Waals surface area contributed by atoms with Gasteiger partial charge in [0, 0.05) is 19.9 Å². The molecule has 1 aliphatic rings. The molecule has 148 valence electrons. The Balaban J connectivity index is 1.73. The van der Waals surface area contributed by atoms with Crippen LogP contribution in [0.4, 0.5) is 0 Å². The smallest absolute Gasteiger partial charge is 0.270 e. The van der Waals surface area contributed by atoms with E-state index in [-0.39, 0.29) is 19.1 Å². The van der Waals surface area contributed by atoms with E-state index in [1.165, 1.54) is 39.2 Å². The van der Waals surface area contributed by atoms with Gasteiger partial charge in [0.15, 0.2) is 11.4 Å². The summed E-state index contributed by atoms with van der Waals surface area (Å²) in [5.41, 5.74) is 1.73. The van der Waals surface area contributed by atoms with Gasteiger partial charge in [-0.1, -0.05) is 19.3 Å². The topological polar surface area (TPSA) is 85.1 Å². The summed E-state index contributed by atoms with van der Waals surface area (Å²) >= 11 is 0. The number of ether oxygens (including phenoxy) is 2. The highest BCUT2D eigenvalue weighted by Crippen LogP contribution is 2.27. The van der Waals surface area contributed by atoms with Gasteiger partial charge < -0.3 is 19.9 Å². The van der Waals surface area contributed by atoms with Crippen molar-refractivity contribution in [1.29, 1.82) is 0 Å². The summed E-state index contributed by atoms with van der Waals surface area (Å²) in [6, 6.07) is 3.76. The predicted molar refractivity (Wildman–Crippen MR) is 102 cm³/mol. The Morgan fingerprint density at radius 3 is 2.93 bits per heavy atom. The Hall–Kier alpha value is -2.12. The van der Waals surface area contributed by atoms with E-state index in [1.807, 2.05) is 18.3 Å². The number of fused-ring (bicyclic) bond motifs is 1. The fourth-order valence-corrected chi connectivity index (χ4v) is 3.65. The minimum atomic E-state index is -0.743. The molecule has 1 fully saturated rings. The quantitative estimate of drug-likeness (QED) is 0.740. The van der Waals surface area contributed by atoms with Gasteiger partial charge in [0.05, 0.1) is 25.0 Å². The molecule has 1 saturated carbocycles. The number of hydrogen-bond acceptors (Lipinski definition) is 5. The van der Waals surface area contributed by atoms with Crippen LogP contribution in [0.2, 0.25) is 0 Å². The van der Waals surface area contributed by atoms with Crippen LogP contribution < -0.4 is 10.1 Å². The second-order valence-electron chi connectivity index (χ2n) is 7.25.